The van der Waals surface area contributed by atoms with E-state index in [2.05, 4.69) is 41.8 Å². The number of nitrogens with zero attached hydrogens (tertiary/aromatic N) is 1. The molecule has 0 aliphatic carbocycles. The maximum absolute atomic E-state index is 4.73. The first-order valence-corrected chi connectivity index (χ1v) is 5.91. The zero-order valence-corrected chi connectivity index (χ0v) is 9.53. The van der Waals surface area contributed by atoms with Gasteiger partial charge in [-0.25, -0.2) is 0 Å². The molecule has 1 aromatic carbocycles. The second-order valence-electron chi connectivity index (χ2n) is 4.66. The predicted octanol–water partition coefficient (Wildman–Crippen LogP) is 0.880. The van der Waals surface area contributed by atoms with Crippen molar-refractivity contribution in [2.24, 2.45) is 4.99 Å². The van der Waals surface area contributed by atoms with Crippen molar-refractivity contribution in [2.45, 2.75) is 25.4 Å². The zero-order chi connectivity index (χ0) is 11.0. The molecule has 2 heterocycles. The van der Waals surface area contributed by atoms with Gasteiger partial charge < -0.3 is 10.6 Å². The average molecular weight is 215 g/mol. The highest BCUT2D eigenvalue weighted by Gasteiger charge is 2.32. The number of benzene rings is 1. The zero-order valence-electron chi connectivity index (χ0n) is 9.53. The van der Waals surface area contributed by atoms with Gasteiger partial charge in [-0.15, -0.1) is 0 Å². The second kappa shape index (κ2) is 3.91. The van der Waals surface area contributed by atoms with Crippen LogP contribution in [-0.2, 0) is 6.42 Å². The van der Waals surface area contributed by atoms with Crippen LogP contribution in [0.1, 0.15) is 11.1 Å². The minimum absolute atomic E-state index is 0.457. The Morgan fingerprint density at radius 1 is 1.31 bits per heavy atom. The van der Waals surface area contributed by atoms with Crippen LogP contribution in [-0.4, -0.2) is 31.0 Å². The molecular weight excluding hydrogens is 198 g/mol. The van der Waals surface area contributed by atoms with E-state index in [1.54, 1.807) is 0 Å². The van der Waals surface area contributed by atoms with Crippen LogP contribution in [0.3, 0.4) is 0 Å². The summed E-state index contributed by atoms with van der Waals surface area (Å²) in [7, 11) is 0. The van der Waals surface area contributed by atoms with E-state index in [0.29, 0.717) is 12.1 Å². The summed E-state index contributed by atoms with van der Waals surface area (Å²) in [5.74, 6) is 1.16. The first-order valence-electron chi connectivity index (χ1n) is 5.91. The summed E-state index contributed by atoms with van der Waals surface area (Å²) in [5.41, 5.74) is 2.73. The predicted molar refractivity (Wildman–Crippen MR) is 65.9 cm³/mol. The highest BCUT2D eigenvalue weighted by Crippen LogP contribution is 2.15. The van der Waals surface area contributed by atoms with Crippen LogP contribution in [0.4, 0.5) is 0 Å². The van der Waals surface area contributed by atoms with Crippen molar-refractivity contribution in [1.29, 1.82) is 0 Å². The molecule has 16 heavy (non-hydrogen) atoms. The van der Waals surface area contributed by atoms with Crippen LogP contribution in [0.25, 0.3) is 0 Å². The van der Waals surface area contributed by atoms with Gasteiger partial charge in [-0.05, 0) is 18.1 Å². The lowest BCUT2D eigenvalue weighted by Crippen LogP contribution is -2.35. The van der Waals surface area contributed by atoms with Gasteiger partial charge in [0.1, 0.15) is 5.84 Å². The molecule has 2 N–H and O–H groups in total. The Hall–Kier alpha value is -1.35. The van der Waals surface area contributed by atoms with E-state index < -0.39 is 0 Å². The molecule has 0 spiro atoms. The second-order valence-corrected chi connectivity index (χ2v) is 4.66. The first-order chi connectivity index (χ1) is 7.83. The van der Waals surface area contributed by atoms with E-state index in [0.717, 1.165) is 25.3 Å². The van der Waals surface area contributed by atoms with Gasteiger partial charge in [0.05, 0.1) is 12.1 Å². The van der Waals surface area contributed by atoms with E-state index in [-0.39, 0.29) is 0 Å². The summed E-state index contributed by atoms with van der Waals surface area (Å²) < 4.78 is 0. The number of aryl methyl sites for hydroxylation is 1. The van der Waals surface area contributed by atoms with Gasteiger partial charge in [-0.3, -0.25) is 4.99 Å². The van der Waals surface area contributed by atoms with Gasteiger partial charge in [0.2, 0.25) is 0 Å². The molecule has 1 saturated heterocycles. The smallest absolute Gasteiger partial charge is 0.102 e. The number of aliphatic imine (C=N–C) groups is 1. The van der Waals surface area contributed by atoms with E-state index in [1.165, 1.54) is 11.1 Å². The van der Waals surface area contributed by atoms with Crippen LogP contribution >= 0.6 is 0 Å². The SMILES string of the molecule is Cc1ccccc1CC1=NC2CNCC2N1. The van der Waals surface area contributed by atoms with Crippen molar-refractivity contribution in [1.82, 2.24) is 10.6 Å². The third-order valence-electron chi connectivity index (χ3n) is 3.48. The highest BCUT2D eigenvalue weighted by molar-refractivity contribution is 5.87. The molecule has 3 rings (SSSR count). The van der Waals surface area contributed by atoms with Gasteiger partial charge in [0.15, 0.2) is 0 Å². The minimum Gasteiger partial charge on any atom is -0.367 e. The van der Waals surface area contributed by atoms with Crippen molar-refractivity contribution in [3.63, 3.8) is 0 Å². The summed E-state index contributed by atoms with van der Waals surface area (Å²) in [5, 5.41) is 6.87. The van der Waals surface area contributed by atoms with Crippen LogP contribution in [0.5, 0.6) is 0 Å². The third kappa shape index (κ3) is 1.71. The van der Waals surface area contributed by atoms with E-state index in [4.69, 9.17) is 4.99 Å². The fourth-order valence-corrected chi connectivity index (χ4v) is 2.48. The van der Waals surface area contributed by atoms with E-state index in [9.17, 15) is 0 Å². The largest absolute Gasteiger partial charge is 0.367 e. The van der Waals surface area contributed by atoms with Crippen molar-refractivity contribution in [3.05, 3.63) is 35.4 Å². The van der Waals surface area contributed by atoms with Crippen LogP contribution in [0.15, 0.2) is 29.3 Å². The fourth-order valence-electron chi connectivity index (χ4n) is 2.48. The molecule has 2 aliphatic rings. The van der Waals surface area contributed by atoms with Gasteiger partial charge >= 0.3 is 0 Å². The minimum atomic E-state index is 0.457. The number of fused-ring (bicyclic) bond motifs is 1. The summed E-state index contributed by atoms with van der Waals surface area (Å²) >= 11 is 0. The van der Waals surface area contributed by atoms with Gasteiger partial charge in [0.25, 0.3) is 0 Å². The lowest BCUT2D eigenvalue weighted by molar-refractivity contribution is 0.636. The van der Waals surface area contributed by atoms with E-state index >= 15 is 0 Å². The lowest BCUT2D eigenvalue weighted by atomic mass is 10.1. The molecule has 0 aromatic heterocycles. The standard InChI is InChI=1S/C13H17N3/c1-9-4-2-3-5-10(9)6-13-15-11-7-14-8-12(11)16-13/h2-5,11-12,14H,6-8H2,1H3,(H,15,16). The summed E-state index contributed by atoms with van der Waals surface area (Å²) in [6, 6.07) is 9.51. The number of amidine groups is 1. The maximum atomic E-state index is 4.73. The summed E-state index contributed by atoms with van der Waals surface area (Å²) in [4.78, 5) is 4.73. The molecule has 0 bridgehead atoms. The monoisotopic (exact) mass is 215 g/mol. The molecular formula is C13H17N3. The van der Waals surface area contributed by atoms with E-state index in [1.807, 2.05) is 0 Å². The van der Waals surface area contributed by atoms with Crippen LogP contribution in [0, 0.1) is 6.92 Å². The molecule has 0 amide bonds. The molecule has 2 atom stereocenters. The lowest BCUT2D eigenvalue weighted by Gasteiger charge is -2.09. The Morgan fingerprint density at radius 3 is 3.00 bits per heavy atom. The Bertz CT molecular complexity index is 425. The Kier molecular flexibility index (Phi) is 2.40. The topological polar surface area (TPSA) is 36.4 Å². The molecule has 84 valence electrons. The molecule has 3 heteroatoms. The average Bonchev–Trinajstić information content (AvgIpc) is 2.81. The van der Waals surface area contributed by atoms with Crippen LogP contribution in [0.2, 0.25) is 0 Å². The number of hydrogen-bond acceptors (Lipinski definition) is 3. The molecule has 1 aromatic rings. The van der Waals surface area contributed by atoms with Crippen molar-refractivity contribution in [3.8, 4) is 0 Å². The van der Waals surface area contributed by atoms with Gasteiger partial charge in [-0.1, -0.05) is 24.3 Å². The Balaban J connectivity index is 1.75. The highest BCUT2D eigenvalue weighted by atomic mass is 15.2. The Labute approximate surface area is 96.0 Å². The molecule has 2 unspecified atom stereocenters. The number of nitrogens with one attached hydrogen (secondary N) is 2. The maximum Gasteiger partial charge on any atom is 0.102 e. The summed E-state index contributed by atoms with van der Waals surface area (Å²) in [6.07, 6.45) is 0.944. The number of hydrogen-bond donors (Lipinski definition) is 2. The number of rotatable bonds is 2. The molecule has 0 radical (unpaired) electrons. The van der Waals surface area contributed by atoms with Crippen molar-refractivity contribution < 1.29 is 0 Å². The first kappa shape index (κ1) is 9.85. The van der Waals surface area contributed by atoms with Gasteiger partial charge in [0, 0.05) is 19.5 Å². The molecule has 0 saturated carbocycles. The Morgan fingerprint density at radius 2 is 2.19 bits per heavy atom. The summed E-state index contributed by atoms with van der Waals surface area (Å²) in [6.45, 7) is 4.23. The third-order valence-corrected chi connectivity index (χ3v) is 3.48. The molecule has 2 aliphatic heterocycles. The quantitative estimate of drug-likeness (QED) is 0.768. The molecule has 3 nitrogen and oxygen atoms in total. The van der Waals surface area contributed by atoms with Crippen molar-refractivity contribution >= 4 is 5.84 Å². The van der Waals surface area contributed by atoms with Crippen LogP contribution < -0.4 is 10.6 Å². The van der Waals surface area contributed by atoms with Gasteiger partial charge in [-0.2, -0.15) is 0 Å². The van der Waals surface area contributed by atoms with Crippen molar-refractivity contribution in [2.75, 3.05) is 13.1 Å². The molecule has 1 fully saturated rings. The fraction of sp³-hybridized carbons (Fsp3) is 0.462. The normalized spacial score (nSPS) is 27.4.